The number of fused-ring (bicyclic) bond motifs is 4. The van der Waals surface area contributed by atoms with E-state index in [-0.39, 0.29) is 49.0 Å². The molecule has 3 amide bonds. The van der Waals surface area contributed by atoms with Gasteiger partial charge in [-0.3, -0.25) is 19.7 Å². The van der Waals surface area contributed by atoms with Crippen molar-refractivity contribution >= 4 is 75.5 Å². The lowest BCUT2D eigenvalue weighted by Gasteiger charge is -2.30. The highest BCUT2D eigenvalue weighted by molar-refractivity contribution is 6.38. The zero-order chi connectivity index (χ0) is 29.4. The number of benzene rings is 3. The first kappa shape index (κ1) is 28.1. The fraction of sp³-hybridized carbons (Fsp3) is 0.222. The molecule has 14 heteroatoms. The number of halogens is 7. The van der Waals surface area contributed by atoms with E-state index >= 15 is 0 Å². The Balaban J connectivity index is 1.51. The average Bonchev–Trinajstić information content (AvgIpc) is 3.44. The van der Waals surface area contributed by atoms with Crippen LogP contribution >= 0.6 is 46.4 Å². The zero-order valence-electron chi connectivity index (χ0n) is 20.4. The lowest BCUT2D eigenvalue weighted by atomic mass is 9.76. The maximum Gasteiger partial charge on any atom is 0.573 e. The largest absolute Gasteiger partial charge is 0.573 e. The van der Waals surface area contributed by atoms with Crippen molar-refractivity contribution < 1.29 is 32.3 Å². The second-order valence-electron chi connectivity index (χ2n) is 9.83. The molecule has 0 saturated carbocycles. The minimum atomic E-state index is -4.97. The van der Waals surface area contributed by atoms with Crippen molar-refractivity contribution in [2.75, 3.05) is 10.2 Å². The highest BCUT2D eigenvalue weighted by Crippen LogP contribution is 2.56. The molecule has 3 aromatic rings. The van der Waals surface area contributed by atoms with E-state index in [1.807, 2.05) is 0 Å². The van der Waals surface area contributed by atoms with Crippen LogP contribution in [0.2, 0.25) is 20.1 Å². The summed E-state index contributed by atoms with van der Waals surface area (Å²) in [6.45, 7) is 0. The number of alkyl halides is 3. The van der Waals surface area contributed by atoms with E-state index in [0.717, 1.165) is 11.0 Å². The highest BCUT2D eigenvalue weighted by Gasteiger charge is 2.71. The van der Waals surface area contributed by atoms with Gasteiger partial charge in [-0.15, -0.1) is 13.2 Å². The Morgan fingerprint density at radius 1 is 0.902 bits per heavy atom. The number of hydrogen-bond donors (Lipinski definition) is 2. The zero-order valence-corrected chi connectivity index (χ0v) is 23.4. The SMILES string of the molecule is O=C1C2C(Cc3ccccc3OC(F)(F)F)NC3(C(=O)Nc4c(Cl)cc(Cl)cc43)C2C(=O)N1c1cc(Cl)cc(Cl)c1. The monoisotopic (exact) mass is 643 g/mol. The summed E-state index contributed by atoms with van der Waals surface area (Å²) in [5.41, 5.74) is -1.18. The number of rotatable bonds is 4. The summed E-state index contributed by atoms with van der Waals surface area (Å²) >= 11 is 25.0. The number of carbonyl (C=O) groups is 3. The number of nitrogens with one attached hydrogen (secondary N) is 2. The molecule has 3 aromatic carbocycles. The summed E-state index contributed by atoms with van der Waals surface area (Å²) in [5, 5.41) is 6.43. The second kappa shape index (κ2) is 9.78. The van der Waals surface area contributed by atoms with Gasteiger partial charge in [0.05, 0.1) is 28.2 Å². The Bertz CT molecular complexity index is 1630. The molecule has 0 bridgehead atoms. The van der Waals surface area contributed by atoms with Gasteiger partial charge in [0.1, 0.15) is 11.3 Å². The number of carbonyl (C=O) groups excluding carboxylic acids is 3. The smallest absolute Gasteiger partial charge is 0.406 e. The summed E-state index contributed by atoms with van der Waals surface area (Å²) < 4.78 is 43.7. The number of anilines is 2. The topological polar surface area (TPSA) is 87.7 Å². The first-order valence-electron chi connectivity index (χ1n) is 12.1. The van der Waals surface area contributed by atoms with Crippen molar-refractivity contribution in [3.8, 4) is 5.75 Å². The third-order valence-electron chi connectivity index (χ3n) is 7.48. The van der Waals surface area contributed by atoms with Gasteiger partial charge in [-0.25, -0.2) is 4.90 Å². The van der Waals surface area contributed by atoms with Crippen LogP contribution in [0.1, 0.15) is 11.1 Å². The molecule has 7 nitrogen and oxygen atoms in total. The molecule has 4 unspecified atom stereocenters. The minimum absolute atomic E-state index is 0.0874. The van der Waals surface area contributed by atoms with Gasteiger partial charge in [0, 0.05) is 26.7 Å². The Morgan fingerprint density at radius 3 is 2.24 bits per heavy atom. The number of nitrogens with zero attached hydrogens (tertiary/aromatic N) is 1. The molecule has 6 rings (SSSR count). The third kappa shape index (κ3) is 4.53. The molecule has 1 spiro atoms. The summed E-state index contributed by atoms with van der Waals surface area (Å²) in [7, 11) is 0. The van der Waals surface area contributed by atoms with Crippen molar-refractivity contribution in [1.82, 2.24) is 5.32 Å². The van der Waals surface area contributed by atoms with E-state index < -0.39 is 53.2 Å². The van der Waals surface area contributed by atoms with E-state index in [9.17, 15) is 27.6 Å². The van der Waals surface area contributed by atoms with Gasteiger partial charge in [-0.2, -0.15) is 0 Å². The summed E-state index contributed by atoms with van der Waals surface area (Å²) in [4.78, 5) is 42.8. The lowest BCUT2D eigenvalue weighted by Crippen LogP contribution is -2.53. The van der Waals surface area contributed by atoms with Crippen LogP contribution in [0.25, 0.3) is 0 Å². The van der Waals surface area contributed by atoms with Crippen LogP contribution in [0.4, 0.5) is 24.5 Å². The van der Waals surface area contributed by atoms with Gasteiger partial charge in [0.25, 0.3) is 0 Å². The van der Waals surface area contributed by atoms with Gasteiger partial charge in [-0.1, -0.05) is 64.6 Å². The molecule has 4 atom stereocenters. The Labute approximate surface area is 250 Å². The number of para-hydroxylation sites is 1. The molecule has 0 aromatic heterocycles. The van der Waals surface area contributed by atoms with Crippen LogP contribution < -0.4 is 20.3 Å². The van der Waals surface area contributed by atoms with Gasteiger partial charge in [0.15, 0.2) is 0 Å². The van der Waals surface area contributed by atoms with Crippen LogP contribution in [0.3, 0.4) is 0 Å². The predicted octanol–water partition coefficient (Wildman–Crippen LogP) is 6.37. The van der Waals surface area contributed by atoms with Gasteiger partial charge in [-0.05, 0) is 48.4 Å². The van der Waals surface area contributed by atoms with Gasteiger partial charge >= 0.3 is 6.36 Å². The van der Waals surface area contributed by atoms with Crippen LogP contribution in [-0.4, -0.2) is 30.1 Å². The Morgan fingerprint density at radius 2 is 1.56 bits per heavy atom. The molecular formula is C27H16Cl4F3N3O4. The second-order valence-corrected chi connectivity index (χ2v) is 11.5. The van der Waals surface area contributed by atoms with Crippen molar-refractivity contribution in [2.24, 2.45) is 11.8 Å². The van der Waals surface area contributed by atoms with Crippen LogP contribution in [-0.2, 0) is 26.3 Å². The van der Waals surface area contributed by atoms with Crippen LogP contribution in [0.15, 0.2) is 54.6 Å². The summed E-state index contributed by atoms with van der Waals surface area (Å²) in [6, 6.07) is 11.5. The molecule has 2 saturated heterocycles. The van der Waals surface area contributed by atoms with Crippen molar-refractivity contribution in [3.05, 3.63) is 85.8 Å². The first-order valence-corrected chi connectivity index (χ1v) is 13.6. The molecule has 3 heterocycles. The van der Waals surface area contributed by atoms with E-state index in [2.05, 4.69) is 15.4 Å². The Kier molecular flexibility index (Phi) is 6.70. The fourth-order valence-corrected chi connectivity index (χ4v) is 7.11. The molecule has 2 N–H and O–H groups in total. The lowest BCUT2D eigenvalue weighted by molar-refractivity contribution is -0.274. The molecule has 212 valence electrons. The summed E-state index contributed by atoms with van der Waals surface area (Å²) in [5.74, 6) is -5.06. The number of amides is 3. The maximum absolute atomic E-state index is 14.1. The number of imide groups is 1. The third-order valence-corrected chi connectivity index (χ3v) is 8.44. The van der Waals surface area contributed by atoms with Crippen molar-refractivity contribution in [1.29, 1.82) is 0 Å². The molecule has 41 heavy (non-hydrogen) atoms. The molecule has 3 aliphatic heterocycles. The van der Waals surface area contributed by atoms with Crippen molar-refractivity contribution in [3.63, 3.8) is 0 Å². The van der Waals surface area contributed by atoms with Crippen molar-refractivity contribution in [2.45, 2.75) is 24.4 Å². The quantitative estimate of drug-likeness (QED) is 0.323. The van der Waals surface area contributed by atoms with E-state index in [4.69, 9.17) is 46.4 Å². The van der Waals surface area contributed by atoms with E-state index in [1.54, 1.807) is 0 Å². The fourth-order valence-electron chi connectivity index (χ4n) is 6.06. The van der Waals surface area contributed by atoms with Gasteiger partial charge < -0.3 is 10.1 Å². The standard InChI is InChI=1S/C27H16Cl4F3N3O4/c28-12-6-13(29)8-15(7-12)37-23(38)20-18(5-11-3-1-2-4-19(11)41-27(32,33)34)36-26(21(20)24(37)39)16-9-14(30)10-17(31)22(16)35-25(26)40/h1-4,6-10,18,20-21,36H,5H2,(H,35,40). The molecule has 0 aliphatic carbocycles. The van der Waals surface area contributed by atoms with Crippen LogP contribution in [0.5, 0.6) is 5.75 Å². The molecule has 2 fully saturated rings. The minimum Gasteiger partial charge on any atom is -0.406 e. The number of ether oxygens (including phenoxy) is 1. The van der Waals surface area contributed by atoms with E-state index in [0.29, 0.717) is 0 Å². The first-order chi connectivity index (χ1) is 19.3. The Hall–Kier alpha value is -3.02. The maximum atomic E-state index is 14.1. The molecular weight excluding hydrogens is 629 g/mol. The van der Waals surface area contributed by atoms with Crippen LogP contribution in [0, 0.1) is 11.8 Å². The molecule has 0 radical (unpaired) electrons. The highest BCUT2D eigenvalue weighted by atomic mass is 35.5. The summed E-state index contributed by atoms with van der Waals surface area (Å²) in [6.07, 6.45) is -5.17. The van der Waals surface area contributed by atoms with Gasteiger partial charge in [0.2, 0.25) is 17.7 Å². The molecule has 3 aliphatic rings. The predicted molar refractivity (Wildman–Crippen MR) is 146 cm³/mol. The normalized spacial score (nSPS) is 25.1. The van der Waals surface area contributed by atoms with E-state index in [1.165, 1.54) is 48.5 Å². The number of hydrogen-bond acceptors (Lipinski definition) is 5. The average molecular weight is 645 g/mol.